The molecule has 2 aromatic heterocycles. The summed E-state index contributed by atoms with van der Waals surface area (Å²) in [7, 11) is 0. The third-order valence-corrected chi connectivity index (χ3v) is 21.3. The topological polar surface area (TPSA) is 59.1 Å². The van der Waals surface area contributed by atoms with Gasteiger partial charge in [-0.1, -0.05) is 295 Å². The molecule has 0 aliphatic carbocycles. The number of thiophene rings is 2. The molecule has 2 aliphatic rings. The maximum atomic E-state index is 14.9. The van der Waals surface area contributed by atoms with Gasteiger partial charge in [-0.15, -0.1) is 22.7 Å². The van der Waals surface area contributed by atoms with Gasteiger partial charge < -0.3 is 19.3 Å². The predicted molar refractivity (Wildman–Crippen MR) is 390 cm³/mol. The molecular formula is C82H128N2O4S2. The van der Waals surface area contributed by atoms with Gasteiger partial charge in [0.1, 0.15) is 11.5 Å². The number of hydrogen-bond donors (Lipinski definition) is 0. The van der Waals surface area contributed by atoms with Crippen LogP contribution in [-0.4, -0.2) is 47.9 Å². The Hall–Kier alpha value is -4.14. The lowest BCUT2D eigenvalue weighted by atomic mass is 9.94. The van der Waals surface area contributed by atoms with E-state index in [-0.39, 0.29) is 11.8 Å². The molecule has 2 amide bonds. The lowest BCUT2D eigenvalue weighted by Gasteiger charge is -2.24. The van der Waals surface area contributed by atoms with Gasteiger partial charge in [-0.2, -0.15) is 0 Å². The number of unbranched alkanes of at least 4 members (excludes halogenated alkanes) is 34. The molecule has 2 aliphatic heterocycles. The van der Waals surface area contributed by atoms with Gasteiger partial charge in [0.05, 0.1) is 45.5 Å². The highest BCUT2D eigenvalue weighted by molar-refractivity contribution is 7.11. The van der Waals surface area contributed by atoms with Crippen molar-refractivity contribution in [3.63, 3.8) is 0 Å². The maximum Gasteiger partial charge on any atom is 0.261 e. The van der Waals surface area contributed by atoms with Gasteiger partial charge in [0.2, 0.25) is 0 Å². The van der Waals surface area contributed by atoms with E-state index in [2.05, 4.69) is 99.1 Å². The van der Waals surface area contributed by atoms with Gasteiger partial charge in [-0.25, -0.2) is 0 Å². The van der Waals surface area contributed by atoms with Crippen molar-refractivity contribution in [3.8, 4) is 11.5 Å². The normalized spacial score (nSPS) is 14.0. The first kappa shape index (κ1) is 74.9. The van der Waals surface area contributed by atoms with E-state index in [4.69, 9.17) is 9.47 Å². The van der Waals surface area contributed by atoms with Crippen molar-refractivity contribution < 1.29 is 19.1 Å². The smallest absolute Gasteiger partial charge is 0.261 e. The van der Waals surface area contributed by atoms with Crippen LogP contribution in [-0.2, 0) is 22.4 Å². The Morgan fingerprint density at radius 1 is 0.333 bits per heavy atom. The number of ether oxygens (including phenoxy) is 2. The Morgan fingerprint density at radius 3 is 0.878 bits per heavy atom. The number of nitrogens with zero attached hydrogens (tertiary/aromatic N) is 2. The molecule has 0 bridgehead atoms. The van der Waals surface area contributed by atoms with E-state index in [1.165, 1.54) is 268 Å². The van der Waals surface area contributed by atoms with Crippen molar-refractivity contribution in [2.75, 3.05) is 26.3 Å². The summed E-state index contributed by atoms with van der Waals surface area (Å²) in [4.78, 5) is 35.6. The van der Waals surface area contributed by atoms with Crippen molar-refractivity contribution >= 4 is 45.9 Å². The quantitative estimate of drug-likeness (QED) is 0.0413. The summed E-state index contributed by atoms with van der Waals surface area (Å²) in [5.41, 5.74) is 5.35. The summed E-state index contributed by atoms with van der Waals surface area (Å²) in [6, 6.07) is 25.8. The van der Waals surface area contributed by atoms with Crippen LogP contribution in [0.3, 0.4) is 0 Å². The van der Waals surface area contributed by atoms with Crippen molar-refractivity contribution in [1.29, 1.82) is 0 Å². The highest BCUT2D eigenvalue weighted by atomic mass is 32.1. The highest BCUT2D eigenvalue weighted by Gasteiger charge is 2.49. The molecule has 90 heavy (non-hydrogen) atoms. The Balaban J connectivity index is 0.962. The zero-order valence-electron chi connectivity index (χ0n) is 57.9. The standard InChI is InChI=1S/C82H128N2O4S2/c1-5-9-13-17-21-25-27-31-35-39-51-71(49-37-33-29-23-19-15-11-7-3)67-87-73-59-55-69(56-60-73)47-41-43-63-83-79(75-53-45-65-89-75)77-78(81(83)85)80(76-54-46-66-90-76)84(82(77)86)64-44-42-48-70-57-61-74(62-58-70)88-68-72(50-38-34-30-24-20-16-12-8-4)52-40-36-32-28-26-22-18-14-10-6-2/h45-46,53-62,65-66,71-72H,5-44,47-52,63-64,67-68H2,1-4H3. The van der Waals surface area contributed by atoms with Gasteiger partial charge in [-0.3, -0.25) is 9.59 Å². The molecular weight excluding hydrogens is 1140 g/mol. The minimum atomic E-state index is -0.0383. The zero-order valence-corrected chi connectivity index (χ0v) is 59.6. The first-order valence-electron chi connectivity index (χ1n) is 38.1. The Kier molecular flexibility index (Phi) is 39.7. The number of amides is 2. The van der Waals surface area contributed by atoms with E-state index in [0.717, 1.165) is 84.4 Å². The molecule has 0 saturated carbocycles. The molecule has 2 unspecified atom stereocenters. The van der Waals surface area contributed by atoms with Crippen LogP contribution in [0.15, 0.2) is 94.7 Å². The molecule has 0 spiro atoms. The first-order chi connectivity index (χ1) is 44.4. The van der Waals surface area contributed by atoms with Crippen LogP contribution in [0.5, 0.6) is 11.5 Å². The van der Waals surface area contributed by atoms with Crippen molar-refractivity contribution in [1.82, 2.24) is 9.80 Å². The van der Waals surface area contributed by atoms with Crippen molar-refractivity contribution in [3.05, 3.63) is 116 Å². The molecule has 0 saturated heterocycles. The third kappa shape index (κ3) is 28.6. The number of hydrogen-bond acceptors (Lipinski definition) is 6. The number of carbonyl (C=O) groups excluding carboxylic acids is 2. The minimum absolute atomic E-state index is 0.0383. The van der Waals surface area contributed by atoms with Crippen LogP contribution >= 0.6 is 22.7 Å². The number of fused-ring (bicyclic) bond motifs is 1. The largest absolute Gasteiger partial charge is 0.493 e. The summed E-state index contributed by atoms with van der Waals surface area (Å²) < 4.78 is 13.1. The van der Waals surface area contributed by atoms with Gasteiger partial charge in [0, 0.05) is 13.1 Å². The second-order valence-corrected chi connectivity index (χ2v) is 29.2. The van der Waals surface area contributed by atoms with Crippen LogP contribution in [0.1, 0.15) is 331 Å². The van der Waals surface area contributed by atoms with Crippen LogP contribution in [0, 0.1) is 11.8 Å². The second-order valence-electron chi connectivity index (χ2n) is 27.3. The highest BCUT2D eigenvalue weighted by Crippen LogP contribution is 2.48. The second kappa shape index (κ2) is 47.7. The summed E-state index contributed by atoms with van der Waals surface area (Å²) in [5, 5.41) is 4.12. The third-order valence-electron chi connectivity index (χ3n) is 19.6. The molecule has 8 heteroatoms. The summed E-state index contributed by atoms with van der Waals surface area (Å²) in [5.74, 6) is 3.12. The van der Waals surface area contributed by atoms with Crippen molar-refractivity contribution in [2.24, 2.45) is 11.8 Å². The van der Waals surface area contributed by atoms with Crippen molar-refractivity contribution in [2.45, 2.75) is 323 Å². The first-order valence-corrected chi connectivity index (χ1v) is 39.8. The average molecular weight is 1270 g/mol. The molecule has 2 atom stereocenters. The molecule has 4 aromatic rings. The SMILES string of the molecule is CCCCCCCCCCCCC(CCCCCCCCCC)COc1ccc(CCCCN2C(=O)C3=C(c4cccs4)N(CCCCc4ccc(OCC(CCCCCCCCCC)CCCCCCCCCCCC)cc4)C(=O)C3=C2c2cccs2)cc1. The zero-order chi connectivity index (χ0) is 63.3. The fourth-order valence-corrected chi connectivity index (χ4v) is 15.5. The predicted octanol–water partition coefficient (Wildman–Crippen LogP) is 25.3. The van der Waals surface area contributed by atoms with Gasteiger partial charge in [-0.05, 0) is 134 Å². The minimum Gasteiger partial charge on any atom is -0.493 e. The van der Waals surface area contributed by atoms with Crippen LogP contribution in [0.4, 0.5) is 0 Å². The molecule has 6 rings (SSSR count). The van der Waals surface area contributed by atoms with E-state index in [1.54, 1.807) is 22.7 Å². The maximum absolute atomic E-state index is 14.9. The van der Waals surface area contributed by atoms with Gasteiger partial charge in [0.25, 0.3) is 11.8 Å². The van der Waals surface area contributed by atoms with Gasteiger partial charge >= 0.3 is 0 Å². The fraction of sp³-hybridized carbons (Fsp3) is 0.683. The Labute approximate surface area is 559 Å². The van der Waals surface area contributed by atoms with E-state index in [1.807, 2.05) is 21.9 Å². The molecule has 0 radical (unpaired) electrons. The molecule has 0 N–H and O–H groups in total. The van der Waals surface area contributed by atoms with E-state index < -0.39 is 0 Å². The summed E-state index contributed by atoms with van der Waals surface area (Å²) >= 11 is 3.23. The van der Waals surface area contributed by atoms with E-state index >= 15 is 0 Å². The van der Waals surface area contributed by atoms with Crippen LogP contribution in [0.25, 0.3) is 11.4 Å². The molecule has 0 fully saturated rings. The number of rotatable bonds is 58. The van der Waals surface area contributed by atoms with E-state index in [0.29, 0.717) is 36.1 Å². The average Bonchev–Trinajstić information content (AvgIpc) is 1.58. The Bertz CT molecular complexity index is 2320. The number of aryl methyl sites for hydroxylation is 2. The summed E-state index contributed by atoms with van der Waals surface area (Å²) in [6.07, 6.45) is 60.0. The van der Waals surface area contributed by atoms with E-state index in [9.17, 15) is 9.59 Å². The molecule has 502 valence electrons. The molecule has 4 heterocycles. The fourth-order valence-electron chi connectivity index (χ4n) is 13.9. The van der Waals surface area contributed by atoms with Crippen LogP contribution in [0.2, 0.25) is 0 Å². The lowest BCUT2D eigenvalue weighted by molar-refractivity contribution is -0.124. The number of benzene rings is 2. The summed E-state index contributed by atoms with van der Waals surface area (Å²) in [6.45, 7) is 12.0. The van der Waals surface area contributed by atoms with Crippen LogP contribution < -0.4 is 9.47 Å². The lowest BCUT2D eigenvalue weighted by Crippen LogP contribution is -2.30. The molecule has 6 nitrogen and oxygen atoms in total. The van der Waals surface area contributed by atoms with Gasteiger partial charge in [0.15, 0.2) is 0 Å². The number of carbonyl (C=O) groups is 2. The Morgan fingerprint density at radius 2 is 0.611 bits per heavy atom. The molecule has 2 aromatic carbocycles. The monoisotopic (exact) mass is 1270 g/mol.